The van der Waals surface area contributed by atoms with E-state index < -0.39 is 6.67 Å². The third kappa shape index (κ3) is 5.41. The summed E-state index contributed by atoms with van der Waals surface area (Å²) in [7, 11) is 4.84. The zero-order valence-electron chi connectivity index (χ0n) is 20.3. The van der Waals surface area contributed by atoms with Gasteiger partial charge in [0.1, 0.15) is 24.7 Å². The molecule has 3 heterocycles. The van der Waals surface area contributed by atoms with Crippen molar-refractivity contribution in [1.29, 1.82) is 0 Å². The number of amides is 1. The van der Waals surface area contributed by atoms with E-state index in [1.54, 1.807) is 50.0 Å². The molecule has 0 aliphatic carbocycles. The molecule has 0 atom stereocenters. The molecule has 0 saturated carbocycles. The number of carbonyl (C=O) groups is 2. The number of hydrogen-bond acceptors (Lipinski definition) is 7. The highest BCUT2D eigenvalue weighted by molar-refractivity contribution is 6.07. The topological polar surface area (TPSA) is 104 Å². The highest BCUT2D eigenvalue weighted by Crippen LogP contribution is 2.23. The lowest BCUT2D eigenvalue weighted by Crippen LogP contribution is -2.31. The summed E-state index contributed by atoms with van der Waals surface area (Å²) in [4.78, 5) is 36.6. The number of fused-ring (bicyclic) bond motifs is 1. The number of rotatable bonds is 11. The van der Waals surface area contributed by atoms with Crippen LogP contribution in [0.5, 0.6) is 5.75 Å². The van der Waals surface area contributed by atoms with Crippen LogP contribution >= 0.6 is 0 Å². The van der Waals surface area contributed by atoms with Gasteiger partial charge in [-0.1, -0.05) is 12.1 Å². The molecule has 0 bridgehead atoms. The van der Waals surface area contributed by atoms with E-state index >= 15 is 0 Å². The number of carbonyl (C=O) groups excluding carboxylic acids is 2. The Labute approximate surface area is 207 Å². The molecule has 4 aromatic rings. The number of ketones is 1. The molecule has 188 valence electrons. The first-order chi connectivity index (χ1) is 17.4. The van der Waals surface area contributed by atoms with Crippen molar-refractivity contribution in [2.24, 2.45) is 7.05 Å². The number of ether oxygens (including phenoxy) is 2. The van der Waals surface area contributed by atoms with E-state index in [-0.39, 0.29) is 36.0 Å². The van der Waals surface area contributed by atoms with E-state index in [2.05, 4.69) is 15.1 Å². The van der Waals surface area contributed by atoms with Crippen LogP contribution in [0.15, 0.2) is 48.9 Å². The Morgan fingerprint density at radius 3 is 2.78 bits per heavy atom. The fourth-order valence-electron chi connectivity index (χ4n) is 3.76. The minimum absolute atomic E-state index is 0.0129. The summed E-state index contributed by atoms with van der Waals surface area (Å²) in [6.45, 7) is 0.199. The highest BCUT2D eigenvalue weighted by atomic mass is 19.1. The number of methoxy groups -OCH3 is 1. The van der Waals surface area contributed by atoms with Gasteiger partial charge in [0.2, 0.25) is 5.78 Å². The van der Waals surface area contributed by atoms with Gasteiger partial charge in [0.25, 0.3) is 5.91 Å². The minimum Gasteiger partial charge on any atom is -0.491 e. The van der Waals surface area contributed by atoms with Gasteiger partial charge in [0.05, 0.1) is 36.2 Å². The number of alkyl halides is 1. The predicted octanol–water partition coefficient (Wildman–Crippen LogP) is 2.62. The molecule has 0 unspecified atom stereocenters. The van der Waals surface area contributed by atoms with Crippen molar-refractivity contribution in [3.63, 3.8) is 0 Å². The summed E-state index contributed by atoms with van der Waals surface area (Å²) in [5.74, 6) is 0.393. The van der Waals surface area contributed by atoms with E-state index in [0.717, 1.165) is 5.56 Å². The number of halogens is 1. The second-order valence-electron chi connectivity index (χ2n) is 8.17. The molecule has 3 aromatic heterocycles. The molecule has 0 aliphatic rings. The molecule has 1 aromatic carbocycles. The molecule has 36 heavy (non-hydrogen) atoms. The molecule has 0 radical (unpaired) electrons. The largest absolute Gasteiger partial charge is 0.491 e. The van der Waals surface area contributed by atoms with Gasteiger partial charge in [-0.25, -0.2) is 14.4 Å². The maximum atomic E-state index is 13.2. The van der Waals surface area contributed by atoms with E-state index in [0.29, 0.717) is 36.1 Å². The summed E-state index contributed by atoms with van der Waals surface area (Å²) in [5, 5.41) is 4.12. The standard InChI is InChI=1S/C25H27FN6O4/c1-30(10-12-35-3)24(34)20-15-27-31(2)23(20)22(33)14-18-7-9-32-16-21(29-25(32)28-18)17-5-4-6-19(13-17)36-11-8-26/h4-7,9,13,15-16H,8,10-12,14H2,1-3H3. The molecule has 11 heteroatoms. The summed E-state index contributed by atoms with van der Waals surface area (Å²) < 4.78 is 26.0. The van der Waals surface area contributed by atoms with Crippen LogP contribution in [0.4, 0.5) is 4.39 Å². The molecule has 10 nitrogen and oxygen atoms in total. The third-order valence-electron chi connectivity index (χ3n) is 5.61. The van der Waals surface area contributed by atoms with Crippen LogP contribution in [-0.4, -0.2) is 81.3 Å². The van der Waals surface area contributed by atoms with Gasteiger partial charge in [-0.05, 0) is 18.2 Å². The number of aromatic nitrogens is 5. The highest BCUT2D eigenvalue weighted by Gasteiger charge is 2.24. The first-order valence-electron chi connectivity index (χ1n) is 11.3. The Bertz CT molecular complexity index is 1380. The molecule has 0 aliphatic heterocycles. The number of imidazole rings is 1. The normalized spacial score (nSPS) is 11.1. The summed E-state index contributed by atoms with van der Waals surface area (Å²) >= 11 is 0. The zero-order chi connectivity index (χ0) is 25.7. The van der Waals surface area contributed by atoms with Crippen LogP contribution in [0.3, 0.4) is 0 Å². The SMILES string of the molecule is COCCN(C)C(=O)c1cnn(C)c1C(=O)Cc1ccn2cc(-c3cccc(OCCF)c3)nc2n1. The molecule has 0 N–H and O–H groups in total. The second kappa shape index (κ2) is 11.1. The van der Waals surface area contributed by atoms with Crippen molar-refractivity contribution >= 4 is 17.5 Å². The number of aryl methyl sites for hydroxylation is 1. The lowest BCUT2D eigenvalue weighted by atomic mass is 10.1. The zero-order valence-corrected chi connectivity index (χ0v) is 20.3. The van der Waals surface area contributed by atoms with Crippen molar-refractivity contribution in [1.82, 2.24) is 29.0 Å². The average Bonchev–Trinajstić information content (AvgIpc) is 3.49. The Balaban J connectivity index is 1.54. The molecular formula is C25H27FN6O4. The molecule has 0 spiro atoms. The van der Waals surface area contributed by atoms with Crippen molar-refractivity contribution in [3.05, 3.63) is 65.9 Å². The summed E-state index contributed by atoms with van der Waals surface area (Å²) in [6, 6.07) is 8.96. The molecular weight excluding hydrogens is 467 g/mol. The van der Waals surface area contributed by atoms with Crippen molar-refractivity contribution < 1.29 is 23.5 Å². The van der Waals surface area contributed by atoms with Gasteiger partial charge < -0.3 is 14.4 Å². The molecule has 1 amide bonds. The summed E-state index contributed by atoms with van der Waals surface area (Å²) in [5.41, 5.74) is 2.43. The number of nitrogens with zero attached hydrogens (tertiary/aromatic N) is 6. The lowest BCUT2D eigenvalue weighted by molar-refractivity contribution is 0.0739. The lowest BCUT2D eigenvalue weighted by Gasteiger charge is -2.16. The third-order valence-corrected chi connectivity index (χ3v) is 5.61. The van der Waals surface area contributed by atoms with Crippen molar-refractivity contribution in [3.8, 4) is 17.0 Å². The van der Waals surface area contributed by atoms with Crippen molar-refractivity contribution in [2.75, 3.05) is 40.6 Å². The van der Waals surface area contributed by atoms with Gasteiger partial charge in [0, 0.05) is 45.7 Å². The summed E-state index contributed by atoms with van der Waals surface area (Å²) in [6.07, 6.45) is 4.98. The number of likely N-dealkylation sites (N-methyl/N-ethyl adjacent to an activating group) is 1. The Hall–Kier alpha value is -4.12. The van der Waals surface area contributed by atoms with Crippen LogP contribution in [-0.2, 0) is 18.2 Å². The molecule has 0 saturated heterocycles. The number of benzene rings is 1. The van der Waals surface area contributed by atoms with Gasteiger partial charge in [-0.2, -0.15) is 5.10 Å². The van der Waals surface area contributed by atoms with E-state index in [4.69, 9.17) is 9.47 Å². The van der Waals surface area contributed by atoms with Gasteiger partial charge >= 0.3 is 0 Å². The fourth-order valence-corrected chi connectivity index (χ4v) is 3.76. The molecule has 0 fully saturated rings. The monoisotopic (exact) mass is 494 g/mol. The van der Waals surface area contributed by atoms with Gasteiger partial charge in [-0.3, -0.25) is 18.7 Å². The predicted molar refractivity (Wildman–Crippen MR) is 130 cm³/mol. The quantitative estimate of drug-likeness (QED) is 0.295. The van der Waals surface area contributed by atoms with E-state index in [1.807, 2.05) is 18.3 Å². The Kier molecular flexibility index (Phi) is 7.69. The smallest absolute Gasteiger partial charge is 0.257 e. The van der Waals surface area contributed by atoms with Gasteiger partial charge in [-0.15, -0.1) is 0 Å². The first kappa shape index (κ1) is 25.0. The van der Waals surface area contributed by atoms with Crippen LogP contribution in [0, 0.1) is 0 Å². The van der Waals surface area contributed by atoms with Crippen LogP contribution in [0.25, 0.3) is 17.0 Å². The Morgan fingerprint density at radius 2 is 2.00 bits per heavy atom. The van der Waals surface area contributed by atoms with Crippen LogP contribution in [0.2, 0.25) is 0 Å². The minimum atomic E-state index is -0.566. The number of Topliss-reactive ketones (excluding diaryl/α,β-unsaturated/α-hetero) is 1. The number of hydrogen-bond donors (Lipinski definition) is 0. The molecule has 4 rings (SSSR count). The van der Waals surface area contributed by atoms with E-state index in [1.165, 1.54) is 15.8 Å². The van der Waals surface area contributed by atoms with E-state index in [9.17, 15) is 14.0 Å². The Morgan fingerprint density at radius 1 is 1.17 bits per heavy atom. The van der Waals surface area contributed by atoms with Crippen LogP contribution in [0.1, 0.15) is 26.5 Å². The van der Waals surface area contributed by atoms with Gasteiger partial charge in [0.15, 0.2) is 5.78 Å². The van der Waals surface area contributed by atoms with Crippen LogP contribution < -0.4 is 4.74 Å². The van der Waals surface area contributed by atoms with Crippen molar-refractivity contribution in [2.45, 2.75) is 6.42 Å². The maximum absolute atomic E-state index is 13.2. The fraction of sp³-hybridized carbons (Fsp3) is 0.320. The first-order valence-corrected chi connectivity index (χ1v) is 11.3. The average molecular weight is 495 g/mol. The second-order valence-corrected chi connectivity index (χ2v) is 8.17. The maximum Gasteiger partial charge on any atom is 0.257 e.